The molecule has 192 valence electrons. The Bertz CT molecular complexity index is 1220. The topological polar surface area (TPSA) is 90.7 Å². The Labute approximate surface area is 211 Å². The first-order valence-corrected chi connectivity index (χ1v) is 11.8. The van der Waals surface area contributed by atoms with E-state index < -0.39 is 17.3 Å². The van der Waals surface area contributed by atoms with Gasteiger partial charge >= 0.3 is 6.18 Å². The number of benzene rings is 2. The van der Waals surface area contributed by atoms with Crippen molar-refractivity contribution >= 4 is 28.8 Å². The zero-order valence-corrected chi connectivity index (χ0v) is 20.3. The van der Waals surface area contributed by atoms with Crippen LogP contribution in [0.2, 0.25) is 5.02 Å². The molecule has 1 unspecified atom stereocenters. The highest BCUT2D eigenvalue weighted by atomic mass is 35.5. The van der Waals surface area contributed by atoms with Crippen LogP contribution in [0, 0.1) is 0 Å². The lowest BCUT2D eigenvalue weighted by Gasteiger charge is -2.27. The van der Waals surface area contributed by atoms with Crippen LogP contribution < -0.4 is 15.0 Å². The van der Waals surface area contributed by atoms with Gasteiger partial charge in [-0.05, 0) is 56.2 Å². The third-order valence-electron chi connectivity index (χ3n) is 5.99. The number of alkyl halides is 3. The van der Waals surface area contributed by atoms with E-state index in [0.717, 1.165) is 36.5 Å². The number of aliphatic hydroxyl groups excluding tert-OH is 1. The Morgan fingerprint density at radius 2 is 1.94 bits per heavy atom. The van der Waals surface area contributed by atoms with Crippen LogP contribution in [0.3, 0.4) is 0 Å². The van der Waals surface area contributed by atoms with Gasteiger partial charge in [-0.15, -0.1) is 0 Å². The molecule has 0 radical (unpaired) electrons. The van der Waals surface area contributed by atoms with E-state index >= 15 is 0 Å². The number of fused-ring (bicyclic) bond motifs is 1. The van der Waals surface area contributed by atoms with Crippen LogP contribution in [-0.2, 0) is 12.6 Å². The van der Waals surface area contributed by atoms with E-state index in [1.54, 1.807) is 25.1 Å². The van der Waals surface area contributed by atoms with Gasteiger partial charge in [0.15, 0.2) is 5.82 Å². The number of hydrogen-bond donors (Lipinski definition) is 3. The largest absolute Gasteiger partial charge is 0.456 e. The summed E-state index contributed by atoms with van der Waals surface area (Å²) in [6, 6.07) is 9.44. The average molecular weight is 523 g/mol. The summed E-state index contributed by atoms with van der Waals surface area (Å²) in [6.07, 6.45) is -1.51. The molecular formula is C25H26ClF3N4O3. The molecule has 3 N–H and O–H groups in total. The smallest absolute Gasteiger partial charge is 0.416 e. The molecule has 2 heterocycles. The molecule has 0 bridgehead atoms. The van der Waals surface area contributed by atoms with Crippen LogP contribution >= 0.6 is 11.6 Å². The predicted molar refractivity (Wildman–Crippen MR) is 131 cm³/mol. The first-order chi connectivity index (χ1) is 17.1. The van der Waals surface area contributed by atoms with Gasteiger partial charge in [0.25, 0.3) is 0 Å². The third kappa shape index (κ3) is 6.18. The minimum absolute atomic E-state index is 0.0220. The van der Waals surface area contributed by atoms with Crippen molar-refractivity contribution < 1.29 is 28.1 Å². The molecule has 2 aromatic carbocycles. The standard InChI is InChI=1S/C25H26ClF3N4O3/c1-24(35,9-12-34)8-11-33-10-7-20-22(33)23(31-15-30-20)32-17-5-6-21(19(26)14-17)36-18-4-2-3-16(13-18)25(27,28)29/h2-6,13-15,34-35H,7-12H2,1H3,(H,30,31,32). The predicted octanol–water partition coefficient (Wildman–Crippen LogP) is 5.57. The van der Waals surface area contributed by atoms with Crippen molar-refractivity contribution in [1.29, 1.82) is 0 Å². The van der Waals surface area contributed by atoms with E-state index in [1.165, 1.54) is 18.5 Å². The molecule has 7 nitrogen and oxygen atoms in total. The van der Waals surface area contributed by atoms with Gasteiger partial charge in [0, 0.05) is 31.8 Å². The van der Waals surface area contributed by atoms with Crippen LogP contribution in [0.5, 0.6) is 11.5 Å². The summed E-state index contributed by atoms with van der Waals surface area (Å²) in [5, 5.41) is 23.0. The van der Waals surface area contributed by atoms with E-state index in [2.05, 4.69) is 20.2 Å². The molecule has 36 heavy (non-hydrogen) atoms. The van der Waals surface area contributed by atoms with Gasteiger partial charge in [-0.1, -0.05) is 17.7 Å². The monoisotopic (exact) mass is 522 g/mol. The molecule has 11 heteroatoms. The van der Waals surface area contributed by atoms with Gasteiger partial charge in [0.05, 0.1) is 21.9 Å². The van der Waals surface area contributed by atoms with E-state index in [0.29, 0.717) is 24.5 Å². The van der Waals surface area contributed by atoms with Crippen molar-refractivity contribution in [2.75, 3.05) is 29.9 Å². The molecule has 1 aliphatic rings. The highest BCUT2D eigenvalue weighted by molar-refractivity contribution is 6.32. The molecule has 1 atom stereocenters. The Balaban J connectivity index is 1.49. The van der Waals surface area contributed by atoms with Crippen molar-refractivity contribution in [2.45, 2.75) is 38.0 Å². The maximum Gasteiger partial charge on any atom is 0.416 e. The van der Waals surface area contributed by atoms with Crippen molar-refractivity contribution in [3.63, 3.8) is 0 Å². The van der Waals surface area contributed by atoms with Gasteiger partial charge in [-0.2, -0.15) is 13.2 Å². The van der Waals surface area contributed by atoms with Crippen LogP contribution in [-0.4, -0.2) is 45.5 Å². The molecule has 0 saturated carbocycles. The van der Waals surface area contributed by atoms with E-state index in [1.807, 2.05) is 0 Å². The van der Waals surface area contributed by atoms with Gasteiger partial charge in [0.1, 0.15) is 23.5 Å². The van der Waals surface area contributed by atoms with Crippen molar-refractivity contribution in [1.82, 2.24) is 9.97 Å². The summed E-state index contributed by atoms with van der Waals surface area (Å²) >= 11 is 6.37. The fourth-order valence-electron chi connectivity index (χ4n) is 4.00. The van der Waals surface area contributed by atoms with Gasteiger partial charge < -0.3 is 25.2 Å². The van der Waals surface area contributed by atoms with Crippen molar-refractivity contribution in [3.05, 3.63) is 65.1 Å². The van der Waals surface area contributed by atoms with Crippen LogP contribution in [0.25, 0.3) is 0 Å². The maximum atomic E-state index is 13.0. The first kappa shape index (κ1) is 26.0. The Hall–Kier alpha value is -3.08. The molecular weight excluding hydrogens is 497 g/mol. The molecule has 0 fully saturated rings. The van der Waals surface area contributed by atoms with E-state index in [-0.39, 0.29) is 29.5 Å². The number of halogens is 4. The zero-order valence-electron chi connectivity index (χ0n) is 19.5. The first-order valence-electron chi connectivity index (χ1n) is 11.4. The fourth-order valence-corrected chi connectivity index (χ4v) is 4.22. The zero-order chi connectivity index (χ0) is 25.9. The lowest BCUT2D eigenvalue weighted by atomic mass is 9.98. The SMILES string of the molecule is CC(O)(CCO)CCN1CCc2ncnc(Nc3ccc(Oc4cccc(C(F)(F)F)c4)c(Cl)c3)c21. The fraction of sp³-hybridized carbons (Fsp3) is 0.360. The highest BCUT2D eigenvalue weighted by Crippen LogP contribution is 2.38. The Morgan fingerprint density at radius 1 is 1.14 bits per heavy atom. The molecule has 0 amide bonds. The molecule has 0 aliphatic carbocycles. The number of aliphatic hydroxyl groups is 2. The third-order valence-corrected chi connectivity index (χ3v) is 6.28. The summed E-state index contributed by atoms with van der Waals surface area (Å²) in [5.41, 5.74) is 0.525. The minimum atomic E-state index is -4.47. The average Bonchev–Trinajstić information content (AvgIpc) is 3.23. The van der Waals surface area contributed by atoms with Crippen molar-refractivity contribution in [2.24, 2.45) is 0 Å². The van der Waals surface area contributed by atoms with Crippen LogP contribution in [0.15, 0.2) is 48.8 Å². The minimum Gasteiger partial charge on any atom is -0.456 e. The number of aromatic nitrogens is 2. The normalized spacial score (nSPS) is 14.9. The van der Waals surface area contributed by atoms with Gasteiger partial charge in [-0.3, -0.25) is 0 Å². The summed E-state index contributed by atoms with van der Waals surface area (Å²) < 4.78 is 44.5. The van der Waals surface area contributed by atoms with Crippen molar-refractivity contribution in [3.8, 4) is 11.5 Å². The van der Waals surface area contributed by atoms with Crippen LogP contribution in [0.1, 0.15) is 31.0 Å². The van der Waals surface area contributed by atoms with E-state index in [9.17, 15) is 18.3 Å². The lowest BCUT2D eigenvalue weighted by Crippen LogP contribution is -2.33. The molecule has 3 aromatic rings. The second kappa shape index (κ2) is 10.5. The number of anilines is 3. The summed E-state index contributed by atoms with van der Waals surface area (Å²) in [6.45, 7) is 2.90. The highest BCUT2D eigenvalue weighted by Gasteiger charge is 2.31. The lowest BCUT2D eigenvalue weighted by molar-refractivity contribution is -0.137. The molecule has 1 aliphatic heterocycles. The molecule has 4 rings (SSSR count). The summed E-state index contributed by atoms with van der Waals surface area (Å²) in [5.74, 6) is 0.804. The summed E-state index contributed by atoms with van der Waals surface area (Å²) in [4.78, 5) is 10.8. The number of ether oxygens (including phenoxy) is 1. The second-order valence-electron chi connectivity index (χ2n) is 8.87. The number of nitrogens with one attached hydrogen (secondary N) is 1. The molecule has 0 spiro atoms. The van der Waals surface area contributed by atoms with Crippen LogP contribution in [0.4, 0.5) is 30.4 Å². The molecule has 1 aromatic heterocycles. The van der Waals surface area contributed by atoms with Gasteiger partial charge in [0.2, 0.25) is 0 Å². The Kier molecular flexibility index (Phi) is 7.58. The number of rotatable bonds is 9. The maximum absolute atomic E-state index is 13.0. The van der Waals surface area contributed by atoms with Gasteiger partial charge in [-0.25, -0.2) is 9.97 Å². The Morgan fingerprint density at radius 3 is 2.67 bits per heavy atom. The van der Waals surface area contributed by atoms with E-state index in [4.69, 9.17) is 21.4 Å². The number of nitrogens with zero attached hydrogens (tertiary/aromatic N) is 3. The summed E-state index contributed by atoms with van der Waals surface area (Å²) in [7, 11) is 0. The number of hydrogen-bond acceptors (Lipinski definition) is 7. The molecule has 0 saturated heterocycles. The second-order valence-corrected chi connectivity index (χ2v) is 9.28. The quantitative estimate of drug-likeness (QED) is 0.338.